The van der Waals surface area contributed by atoms with Crippen molar-refractivity contribution in [1.82, 2.24) is 10.6 Å². The van der Waals surface area contributed by atoms with Gasteiger partial charge in [0.1, 0.15) is 0 Å². The van der Waals surface area contributed by atoms with Gasteiger partial charge >= 0.3 is 6.03 Å². The summed E-state index contributed by atoms with van der Waals surface area (Å²) in [5, 5.41) is 14.7. The third-order valence-electron chi connectivity index (χ3n) is 2.19. The number of hydrogen-bond acceptors (Lipinski definition) is 3. The number of thioether (sulfide) groups is 1. The third kappa shape index (κ3) is 6.51. The standard InChI is InChI=1S/C13H20N2O2S/c1-10(16)8-14-13(17)15-9-11(2)18-12-6-4-3-5-7-12/h3-7,10-11,16H,8-9H2,1-2H3,(H2,14,15,17)/t10-,11+/m0/s1. The fourth-order valence-electron chi connectivity index (χ4n) is 1.31. The summed E-state index contributed by atoms with van der Waals surface area (Å²) in [5.74, 6) is 0. The molecule has 4 nitrogen and oxygen atoms in total. The maximum Gasteiger partial charge on any atom is 0.314 e. The van der Waals surface area contributed by atoms with Crippen LogP contribution in [-0.4, -0.2) is 35.6 Å². The summed E-state index contributed by atoms with van der Waals surface area (Å²) in [5.41, 5.74) is 0. The zero-order chi connectivity index (χ0) is 13.4. The molecule has 3 N–H and O–H groups in total. The smallest absolute Gasteiger partial charge is 0.314 e. The minimum Gasteiger partial charge on any atom is -0.392 e. The molecule has 0 spiro atoms. The summed E-state index contributed by atoms with van der Waals surface area (Å²) < 4.78 is 0. The van der Waals surface area contributed by atoms with E-state index in [1.54, 1.807) is 18.7 Å². The second kappa shape index (κ2) is 8.00. The van der Waals surface area contributed by atoms with Crippen LogP contribution in [0, 0.1) is 0 Å². The number of benzene rings is 1. The summed E-state index contributed by atoms with van der Waals surface area (Å²) in [4.78, 5) is 12.6. The van der Waals surface area contributed by atoms with E-state index in [9.17, 15) is 4.79 Å². The zero-order valence-corrected chi connectivity index (χ0v) is 11.5. The van der Waals surface area contributed by atoms with Crippen molar-refractivity contribution in [3.63, 3.8) is 0 Å². The van der Waals surface area contributed by atoms with Crippen molar-refractivity contribution < 1.29 is 9.90 Å². The molecule has 0 aliphatic heterocycles. The Morgan fingerprint density at radius 3 is 2.44 bits per heavy atom. The summed E-state index contributed by atoms with van der Waals surface area (Å²) >= 11 is 1.72. The number of aliphatic hydroxyl groups is 1. The lowest BCUT2D eigenvalue weighted by molar-refractivity contribution is 0.187. The highest BCUT2D eigenvalue weighted by molar-refractivity contribution is 8.00. The Morgan fingerprint density at radius 1 is 1.22 bits per heavy atom. The van der Waals surface area contributed by atoms with E-state index in [2.05, 4.69) is 29.7 Å². The zero-order valence-electron chi connectivity index (χ0n) is 10.7. The quantitative estimate of drug-likeness (QED) is 0.690. The molecule has 2 amide bonds. The minimum absolute atomic E-state index is 0.239. The highest BCUT2D eigenvalue weighted by atomic mass is 32.2. The van der Waals surface area contributed by atoms with Crippen LogP contribution >= 0.6 is 11.8 Å². The van der Waals surface area contributed by atoms with Crippen LogP contribution in [0.3, 0.4) is 0 Å². The number of carbonyl (C=O) groups excluding carboxylic acids is 1. The van der Waals surface area contributed by atoms with Gasteiger partial charge in [0, 0.05) is 23.2 Å². The lowest BCUT2D eigenvalue weighted by Gasteiger charge is -2.13. The molecule has 100 valence electrons. The van der Waals surface area contributed by atoms with Crippen LogP contribution in [0.5, 0.6) is 0 Å². The van der Waals surface area contributed by atoms with Gasteiger partial charge in [-0.3, -0.25) is 0 Å². The minimum atomic E-state index is -0.521. The first kappa shape index (κ1) is 14.9. The molecule has 0 saturated heterocycles. The third-order valence-corrected chi connectivity index (χ3v) is 3.30. The molecular weight excluding hydrogens is 248 g/mol. The predicted octanol–water partition coefficient (Wildman–Crippen LogP) is 1.85. The number of hydrogen-bond donors (Lipinski definition) is 3. The van der Waals surface area contributed by atoms with Crippen molar-refractivity contribution >= 4 is 17.8 Å². The molecule has 18 heavy (non-hydrogen) atoms. The number of nitrogens with one attached hydrogen (secondary N) is 2. The van der Waals surface area contributed by atoms with Gasteiger partial charge in [-0.05, 0) is 19.1 Å². The second-order valence-electron chi connectivity index (χ2n) is 4.18. The lowest BCUT2D eigenvalue weighted by atomic mass is 10.4. The van der Waals surface area contributed by atoms with Crippen LogP contribution in [0.4, 0.5) is 4.79 Å². The van der Waals surface area contributed by atoms with E-state index in [4.69, 9.17) is 5.11 Å². The van der Waals surface area contributed by atoms with Crippen molar-refractivity contribution in [3.8, 4) is 0 Å². The van der Waals surface area contributed by atoms with Crippen LogP contribution in [-0.2, 0) is 0 Å². The Hall–Kier alpha value is -1.20. The number of amides is 2. The van der Waals surface area contributed by atoms with E-state index >= 15 is 0 Å². The van der Waals surface area contributed by atoms with Gasteiger partial charge in [-0.15, -0.1) is 11.8 Å². The highest BCUT2D eigenvalue weighted by Crippen LogP contribution is 2.21. The summed E-state index contributed by atoms with van der Waals surface area (Å²) in [6, 6.07) is 9.84. The molecule has 0 fully saturated rings. The Labute approximate surface area is 112 Å². The molecule has 1 rings (SSSR count). The molecule has 0 unspecified atom stereocenters. The van der Waals surface area contributed by atoms with Crippen molar-refractivity contribution in [2.24, 2.45) is 0 Å². The van der Waals surface area contributed by atoms with E-state index in [1.807, 2.05) is 18.2 Å². The molecule has 0 aliphatic rings. The van der Waals surface area contributed by atoms with E-state index in [0.29, 0.717) is 11.8 Å². The van der Waals surface area contributed by atoms with Gasteiger partial charge < -0.3 is 15.7 Å². The van der Waals surface area contributed by atoms with Crippen molar-refractivity contribution in [3.05, 3.63) is 30.3 Å². The molecule has 1 aromatic rings. The molecule has 0 saturated carbocycles. The van der Waals surface area contributed by atoms with E-state index in [1.165, 1.54) is 4.90 Å². The fraction of sp³-hybridized carbons (Fsp3) is 0.462. The number of urea groups is 1. The number of aliphatic hydroxyl groups excluding tert-OH is 1. The van der Waals surface area contributed by atoms with Crippen LogP contribution in [0.25, 0.3) is 0 Å². The van der Waals surface area contributed by atoms with Gasteiger partial charge in [0.25, 0.3) is 0 Å². The predicted molar refractivity (Wildman–Crippen MR) is 74.8 cm³/mol. The van der Waals surface area contributed by atoms with Crippen molar-refractivity contribution in [1.29, 1.82) is 0 Å². The number of carbonyl (C=O) groups is 1. The molecule has 0 radical (unpaired) electrons. The van der Waals surface area contributed by atoms with Crippen LogP contribution in [0.1, 0.15) is 13.8 Å². The number of rotatable bonds is 6. The Balaban J connectivity index is 2.21. The van der Waals surface area contributed by atoms with Gasteiger partial charge in [-0.25, -0.2) is 4.79 Å². The maximum absolute atomic E-state index is 11.4. The lowest BCUT2D eigenvalue weighted by Crippen LogP contribution is -2.41. The average Bonchev–Trinajstić information content (AvgIpc) is 2.35. The monoisotopic (exact) mass is 268 g/mol. The normalized spacial score (nSPS) is 13.7. The SMILES string of the molecule is C[C@H](O)CNC(=O)NC[C@@H](C)Sc1ccccc1. The summed E-state index contributed by atoms with van der Waals surface area (Å²) in [6.07, 6.45) is -0.521. The fourth-order valence-corrected chi connectivity index (χ4v) is 2.26. The van der Waals surface area contributed by atoms with Gasteiger partial charge in [-0.1, -0.05) is 25.1 Å². The molecule has 0 aliphatic carbocycles. The largest absolute Gasteiger partial charge is 0.392 e. The van der Waals surface area contributed by atoms with Crippen LogP contribution in [0.15, 0.2) is 35.2 Å². The Kier molecular flexibility index (Phi) is 6.60. The Morgan fingerprint density at radius 2 is 1.83 bits per heavy atom. The van der Waals surface area contributed by atoms with Gasteiger partial charge in [0.15, 0.2) is 0 Å². The maximum atomic E-state index is 11.4. The van der Waals surface area contributed by atoms with E-state index < -0.39 is 6.10 Å². The average molecular weight is 268 g/mol. The van der Waals surface area contributed by atoms with E-state index in [0.717, 1.165) is 0 Å². The van der Waals surface area contributed by atoms with Crippen molar-refractivity contribution in [2.75, 3.05) is 13.1 Å². The van der Waals surface area contributed by atoms with Crippen LogP contribution in [0.2, 0.25) is 0 Å². The van der Waals surface area contributed by atoms with Crippen LogP contribution < -0.4 is 10.6 Å². The second-order valence-corrected chi connectivity index (χ2v) is 5.69. The molecule has 0 heterocycles. The van der Waals surface area contributed by atoms with Gasteiger partial charge in [0.05, 0.1) is 6.10 Å². The first-order valence-electron chi connectivity index (χ1n) is 5.99. The molecule has 2 atom stereocenters. The van der Waals surface area contributed by atoms with Crippen molar-refractivity contribution in [2.45, 2.75) is 30.1 Å². The Bertz CT molecular complexity index is 357. The first-order valence-corrected chi connectivity index (χ1v) is 6.87. The molecule has 5 heteroatoms. The van der Waals surface area contributed by atoms with Gasteiger partial charge in [0.2, 0.25) is 0 Å². The van der Waals surface area contributed by atoms with E-state index in [-0.39, 0.29) is 12.6 Å². The van der Waals surface area contributed by atoms with Gasteiger partial charge in [-0.2, -0.15) is 0 Å². The highest BCUT2D eigenvalue weighted by Gasteiger charge is 2.07. The molecular formula is C13H20N2O2S. The summed E-state index contributed by atoms with van der Waals surface area (Å²) in [7, 11) is 0. The first-order chi connectivity index (χ1) is 8.58. The topological polar surface area (TPSA) is 61.4 Å². The molecule has 0 bridgehead atoms. The summed E-state index contributed by atoms with van der Waals surface area (Å²) in [6.45, 7) is 4.55. The molecule has 1 aromatic carbocycles. The molecule has 0 aromatic heterocycles.